The largest absolute Gasteiger partial charge is 0.458 e. The van der Waals surface area contributed by atoms with Crippen LogP contribution < -0.4 is 5.32 Å². The van der Waals surface area contributed by atoms with Crippen LogP contribution in [0.25, 0.3) is 0 Å². The quantitative estimate of drug-likeness (QED) is 0.139. The molecule has 2 rings (SSSR count). The van der Waals surface area contributed by atoms with E-state index in [1.807, 2.05) is 0 Å². The molecule has 0 unspecified atom stereocenters. The second kappa shape index (κ2) is 10.6. The van der Waals surface area contributed by atoms with Crippen molar-refractivity contribution in [1.82, 2.24) is 4.98 Å². The van der Waals surface area contributed by atoms with E-state index in [0.29, 0.717) is 11.8 Å². The maximum Gasteiger partial charge on any atom is 0.353 e. The summed E-state index contributed by atoms with van der Waals surface area (Å²) in [5, 5.41) is 18.5. The van der Waals surface area contributed by atoms with Crippen LogP contribution in [0.3, 0.4) is 0 Å². The van der Waals surface area contributed by atoms with Gasteiger partial charge in [0.25, 0.3) is 5.69 Å². The number of nitrogens with one attached hydrogen (secondary N) is 1. The van der Waals surface area contributed by atoms with Crippen molar-refractivity contribution in [3.8, 4) is 0 Å². The molecule has 0 aliphatic carbocycles. The average molecular weight is 469 g/mol. The number of esters is 1. The van der Waals surface area contributed by atoms with Crippen molar-refractivity contribution in [3.63, 3.8) is 0 Å². The summed E-state index contributed by atoms with van der Waals surface area (Å²) in [5.74, 6) is -1.48. The smallest absolute Gasteiger partial charge is 0.353 e. The first kappa shape index (κ1) is 23.9. The van der Waals surface area contributed by atoms with E-state index in [1.165, 1.54) is 43.5 Å². The van der Waals surface area contributed by atoms with Crippen molar-refractivity contribution < 1.29 is 28.9 Å². The molecule has 1 aromatic heterocycles. The van der Waals surface area contributed by atoms with Crippen molar-refractivity contribution >= 4 is 57.6 Å². The van der Waals surface area contributed by atoms with Gasteiger partial charge in [-0.05, 0) is 31.5 Å². The highest BCUT2D eigenvalue weighted by Gasteiger charge is 2.33. The highest BCUT2D eigenvalue weighted by atomic mass is 35.5. The predicted octanol–water partition coefficient (Wildman–Crippen LogP) is 2.67. The van der Waals surface area contributed by atoms with Crippen molar-refractivity contribution in [3.05, 3.63) is 51.0 Å². The van der Waals surface area contributed by atoms with Gasteiger partial charge in [-0.25, -0.2) is 9.78 Å². The zero-order valence-corrected chi connectivity index (χ0v) is 17.9. The van der Waals surface area contributed by atoms with Gasteiger partial charge < -0.3 is 14.9 Å². The Labute approximate surface area is 185 Å². The lowest BCUT2D eigenvalue weighted by molar-refractivity contribution is -0.384. The van der Waals surface area contributed by atoms with E-state index in [9.17, 15) is 24.5 Å². The number of aromatic nitrogens is 1. The number of non-ortho nitro benzene ring substituents is 1. The molecular formula is C18H17ClN4O7S. The first-order valence-electron chi connectivity index (χ1n) is 8.60. The Bertz CT molecular complexity index is 1000. The van der Waals surface area contributed by atoms with E-state index in [1.54, 1.807) is 0 Å². The highest BCUT2D eigenvalue weighted by Crippen LogP contribution is 2.19. The number of halogens is 1. The van der Waals surface area contributed by atoms with Gasteiger partial charge in [0.15, 0.2) is 17.1 Å². The van der Waals surface area contributed by atoms with Crippen molar-refractivity contribution in [1.29, 1.82) is 0 Å². The van der Waals surface area contributed by atoms with E-state index in [-0.39, 0.29) is 34.7 Å². The third kappa shape index (κ3) is 6.83. The van der Waals surface area contributed by atoms with Crippen LogP contribution in [-0.4, -0.2) is 45.3 Å². The number of ether oxygens (including phenoxy) is 1. The highest BCUT2D eigenvalue weighted by molar-refractivity contribution is 7.14. The first-order chi connectivity index (χ1) is 14.7. The third-order valence-corrected chi connectivity index (χ3v) is 4.63. The Kier molecular flexibility index (Phi) is 8.16. The van der Waals surface area contributed by atoms with Gasteiger partial charge in [0, 0.05) is 17.5 Å². The number of aldehydes is 1. The predicted molar refractivity (Wildman–Crippen MR) is 112 cm³/mol. The summed E-state index contributed by atoms with van der Waals surface area (Å²) in [7, 11) is 0. The fourth-order valence-corrected chi connectivity index (χ4v) is 2.75. The number of thiazole rings is 1. The summed E-state index contributed by atoms with van der Waals surface area (Å²) >= 11 is 6.46. The number of benzene rings is 1. The number of carbonyl (C=O) groups is 3. The van der Waals surface area contributed by atoms with Gasteiger partial charge in [0.2, 0.25) is 11.5 Å². The zero-order chi connectivity index (χ0) is 23.0. The summed E-state index contributed by atoms with van der Waals surface area (Å²) in [4.78, 5) is 54.3. The Balaban J connectivity index is 1.99. The summed E-state index contributed by atoms with van der Waals surface area (Å²) in [5.41, 5.74) is -1.14. The minimum absolute atomic E-state index is 0.0816. The van der Waals surface area contributed by atoms with Crippen LogP contribution in [0, 0.1) is 10.1 Å². The first-order valence-corrected chi connectivity index (χ1v) is 10.0. The SMILES string of the molecule is CC(C)(ON=C(C=O)c1csc(NC(=O)CCl)n1)C(=O)OCc1ccc([N+](=O)[O-])cc1. The van der Waals surface area contributed by atoms with Crippen molar-refractivity contribution in [2.75, 3.05) is 11.2 Å². The van der Waals surface area contributed by atoms with E-state index >= 15 is 0 Å². The van der Waals surface area contributed by atoms with Gasteiger partial charge in [-0.1, -0.05) is 5.16 Å². The van der Waals surface area contributed by atoms with Crippen LogP contribution in [0.5, 0.6) is 0 Å². The molecule has 0 saturated heterocycles. The van der Waals surface area contributed by atoms with E-state index in [4.69, 9.17) is 21.2 Å². The number of alkyl halides is 1. The standard InChI is InChI=1S/C18H17ClN4O7S/c1-18(2,16(26)29-9-11-3-5-12(6-4-11)23(27)28)30-22-13(8-24)14-10-31-17(20-14)21-15(25)7-19/h3-6,8,10H,7,9H2,1-2H3,(H,20,21,25). The monoisotopic (exact) mass is 468 g/mol. The van der Waals surface area contributed by atoms with E-state index < -0.39 is 22.4 Å². The number of carbonyl (C=O) groups excluding carboxylic acids is 3. The van der Waals surface area contributed by atoms with Crippen molar-refractivity contribution in [2.24, 2.45) is 5.16 Å². The minimum Gasteiger partial charge on any atom is -0.458 e. The average Bonchev–Trinajstić information content (AvgIpc) is 3.20. The molecule has 0 spiro atoms. The maximum absolute atomic E-state index is 12.3. The molecule has 2 aromatic rings. The molecule has 0 bridgehead atoms. The topological polar surface area (TPSA) is 150 Å². The van der Waals surface area contributed by atoms with Gasteiger partial charge in [0.1, 0.15) is 18.2 Å². The van der Waals surface area contributed by atoms with E-state index in [2.05, 4.69) is 15.5 Å². The summed E-state index contributed by atoms with van der Waals surface area (Å²) < 4.78 is 5.16. The molecule has 0 fully saturated rings. The van der Waals surface area contributed by atoms with Gasteiger partial charge in [-0.2, -0.15) is 0 Å². The fraction of sp³-hybridized carbons (Fsp3) is 0.278. The molecular weight excluding hydrogens is 452 g/mol. The van der Waals surface area contributed by atoms with Crippen LogP contribution in [0.4, 0.5) is 10.8 Å². The third-order valence-electron chi connectivity index (χ3n) is 3.63. The molecule has 31 heavy (non-hydrogen) atoms. The van der Waals surface area contributed by atoms with Crippen molar-refractivity contribution in [2.45, 2.75) is 26.1 Å². The molecule has 13 heteroatoms. The van der Waals surface area contributed by atoms with Crippen LogP contribution in [0.1, 0.15) is 25.1 Å². The second-order valence-corrected chi connectivity index (χ2v) is 7.54. The van der Waals surface area contributed by atoms with Crippen LogP contribution in [0.2, 0.25) is 0 Å². The number of amides is 1. The lowest BCUT2D eigenvalue weighted by Crippen LogP contribution is -2.35. The normalized spacial score (nSPS) is 11.5. The van der Waals surface area contributed by atoms with Gasteiger partial charge >= 0.3 is 5.97 Å². The number of rotatable bonds is 10. The maximum atomic E-state index is 12.3. The number of oxime groups is 1. The second-order valence-electron chi connectivity index (χ2n) is 6.42. The van der Waals surface area contributed by atoms with E-state index in [0.717, 1.165) is 11.3 Å². The van der Waals surface area contributed by atoms with Gasteiger partial charge in [-0.3, -0.25) is 19.7 Å². The molecule has 0 aliphatic heterocycles. The zero-order valence-electron chi connectivity index (χ0n) is 16.4. The molecule has 1 aromatic carbocycles. The molecule has 0 aliphatic rings. The Hall–Kier alpha value is -3.38. The van der Waals surface area contributed by atoms with Crippen LogP contribution in [0.15, 0.2) is 34.8 Å². The summed E-state index contributed by atoms with van der Waals surface area (Å²) in [6, 6.07) is 5.52. The molecule has 164 valence electrons. The number of anilines is 1. The number of hydrogen-bond acceptors (Lipinski definition) is 10. The summed E-state index contributed by atoms with van der Waals surface area (Å²) in [6.07, 6.45) is 0.389. The molecule has 0 saturated carbocycles. The molecule has 1 amide bonds. The summed E-state index contributed by atoms with van der Waals surface area (Å²) in [6.45, 7) is 2.65. The number of hydrogen-bond donors (Lipinski definition) is 1. The van der Waals surface area contributed by atoms with Crippen LogP contribution >= 0.6 is 22.9 Å². The number of nitrogens with zero attached hydrogens (tertiary/aromatic N) is 3. The fourth-order valence-electron chi connectivity index (χ4n) is 1.97. The number of nitro benzene ring substituents is 1. The lowest BCUT2D eigenvalue weighted by atomic mass is 10.1. The number of nitro groups is 1. The van der Waals surface area contributed by atoms with Crippen LogP contribution in [-0.2, 0) is 30.6 Å². The lowest BCUT2D eigenvalue weighted by Gasteiger charge is -2.20. The molecule has 0 radical (unpaired) electrons. The Morgan fingerprint density at radius 2 is 2.03 bits per heavy atom. The molecule has 1 heterocycles. The Morgan fingerprint density at radius 1 is 1.35 bits per heavy atom. The minimum atomic E-state index is -1.54. The van der Waals surface area contributed by atoms with Gasteiger partial charge in [-0.15, -0.1) is 22.9 Å². The molecule has 11 nitrogen and oxygen atoms in total. The Morgan fingerprint density at radius 3 is 2.61 bits per heavy atom. The molecule has 0 atom stereocenters. The van der Waals surface area contributed by atoms with Gasteiger partial charge in [0.05, 0.1) is 4.92 Å². The molecule has 1 N–H and O–H groups in total.